The van der Waals surface area contributed by atoms with E-state index >= 15 is 0 Å². The van der Waals surface area contributed by atoms with Gasteiger partial charge < -0.3 is 10.8 Å². The molecule has 108 valence electrons. The van der Waals surface area contributed by atoms with Gasteiger partial charge >= 0.3 is 0 Å². The minimum Gasteiger partial charge on any atom is -0.397 e. The molecule has 1 heterocycles. The molecule has 1 aromatic carbocycles. The smallest absolute Gasteiger partial charge is 0.275 e. The average Bonchev–Trinajstić information content (AvgIpc) is 2.84. The summed E-state index contributed by atoms with van der Waals surface area (Å²) in [5, 5.41) is 10.8. The molecule has 8 heteroatoms. The number of hydrogen-bond donors (Lipinski definition) is 2. The van der Waals surface area contributed by atoms with E-state index in [1.165, 1.54) is 0 Å². The predicted octanol–water partition coefficient (Wildman–Crippen LogP) is 2.28. The van der Waals surface area contributed by atoms with Crippen molar-refractivity contribution >= 4 is 48.7 Å². The molecule has 0 spiro atoms. The molecule has 0 radical (unpaired) electrons. The molecule has 0 aliphatic rings. The standard InChI is InChI=1S/C12H13BrN2O3S2/c13-9-5-8-19-12(9)20(17,18)15(6-7-16)11-4-2-1-3-10(11)14/h1-5,8,16H,6-7,14H2. The Kier molecular flexibility index (Phi) is 4.69. The maximum Gasteiger partial charge on any atom is 0.275 e. The van der Waals surface area contributed by atoms with E-state index in [2.05, 4.69) is 15.9 Å². The second-order valence-corrected chi connectivity index (χ2v) is 7.74. The van der Waals surface area contributed by atoms with Crippen LogP contribution in [0.15, 0.2) is 44.4 Å². The van der Waals surface area contributed by atoms with Crippen molar-refractivity contribution in [2.24, 2.45) is 0 Å². The number of para-hydroxylation sites is 2. The van der Waals surface area contributed by atoms with E-state index in [0.29, 0.717) is 15.8 Å². The van der Waals surface area contributed by atoms with Gasteiger partial charge in [0.25, 0.3) is 10.0 Å². The van der Waals surface area contributed by atoms with Gasteiger partial charge in [-0.2, -0.15) is 0 Å². The van der Waals surface area contributed by atoms with E-state index in [4.69, 9.17) is 10.8 Å². The van der Waals surface area contributed by atoms with E-state index in [0.717, 1.165) is 15.6 Å². The van der Waals surface area contributed by atoms with Crippen LogP contribution in [-0.2, 0) is 10.0 Å². The van der Waals surface area contributed by atoms with Gasteiger partial charge in [0.2, 0.25) is 0 Å². The van der Waals surface area contributed by atoms with Gasteiger partial charge in [0.1, 0.15) is 0 Å². The van der Waals surface area contributed by atoms with Crippen LogP contribution in [0.4, 0.5) is 11.4 Å². The van der Waals surface area contributed by atoms with Crippen molar-refractivity contribution in [2.75, 3.05) is 23.2 Å². The second-order valence-electron chi connectivity index (χ2n) is 3.92. The van der Waals surface area contributed by atoms with Gasteiger partial charge in [-0.05, 0) is 39.5 Å². The lowest BCUT2D eigenvalue weighted by atomic mass is 10.3. The molecule has 0 atom stereocenters. The van der Waals surface area contributed by atoms with Crippen LogP contribution in [0.2, 0.25) is 0 Å². The fraction of sp³-hybridized carbons (Fsp3) is 0.167. The highest BCUT2D eigenvalue weighted by atomic mass is 79.9. The first-order valence-corrected chi connectivity index (χ1v) is 8.81. The Morgan fingerprint density at radius 3 is 2.55 bits per heavy atom. The van der Waals surface area contributed by atoms with Crippen molar-refractivity contribution in [1.82, 2.24) is 0 Å². The summed E-state index contributed by atoms with van der Waals surface area (Å²) >= 11 is 4.34. The number of nitrogens with two attached hydrogens (primary N) is 1. The van der Waals surface area contributed by atoms with Crippen molar-refractivity contribution in [3.8, 4) is 0 Å². The van der Waals surface area contributed by atoms with Crippen LogP contribution >= 0.6 is 27.3 Å². The number of rotatable bonds is 5. The van der Waals surface area contributed by atoms with Gasteiger partial charge in [0.05, 0.1) is 24.5 Å². The Bertz CT molecular complexity index is 700. The molecule has 1 aromatic heterocycles. The van der Waals surface area contributed by atoms with Crippen molar-refractivity contribution in [1.29, 1.82) is 0 Å². The van der Waals surface area contributed by atoms with Gasteiger partial charge in [-0.15, -0.1) is 11.3 Å². The number of aliphatic hydroxyl groups excluding tert-OH is 1. The van der Waals surface area contributed by atoms with E-state index < -0.39 is 10.0 Å². The quantitative estimate of drug-likeness (QED) is 0.784. The largest absolute Gasteiger partial charge is 0.397 e. The first-order chi connectivity index (χ1) is 9.48. The fourth-order valence-electron chi connectivity index (χ4n) is 1.74. The maximum atomic E-state index is 12.7. The third-order valence-corrected chi connectivity index (χ3v) is 7.08. The van der Waals surface area contributed by atoms with Gasteiger partial charge in [-0.25, -0.2) is 8.42 Å². The van der Waals surface area contributed by atoms with Gasteiger partial charge in [0, 0.05) is 4.47 Å². The normalized spacial score (nSPS) is 11.5. The number of nitrogen functional groups attached to an aromatic ring is 1. The Balaban J connectivity index is 2.55. The SMILES string of the molecule is Nc1ccccc1N(CCO)S(=O)(=O)c1sccc1Br. The Morgan fingerprint density at radius 1 is 1.30 bits per heavy atom. The van der Waals surface area contributed by atoms with Gasteiger partial charge in [-0.3, -0.25) is 4.31 Å². The van der Waals surface area contributed by atoms with Crippen LogP contribution in [0.3, 0.4) is 0 Å². The third kappa shape index (κ3) is 2.83. The highest BCUT2D eigenvalue weighted by Gasteiger charge is 2.28. The Hall–Kier alpha value is -1.09. The third-order valence-electron chi connectivity index (χ3n) is 2.62. The number of aliphatic hydroxyl groups is 1. The summed E-state index contributed by atoms with van der Waals surface area (Å²) in [5.74, 6) is 0. The molecule has 3 N–H and O–H groups in total. The lowest BCUT2D eigenvalue weighted by molar-refractivity contribution is 0.306. The fourth-order valence-corrected chi connectivity index (χ4v) is 5.63. The molecular weight excluding hydrogens is 364 g/mol. The van der Waals surface area contributed by atoms with Crippen LogP contribution in [0.25, 0.3) is 0 Å². The summed E-state index contributed by atoms with van der Waals surface area (Å²) < 4.78 is 27.2. The average molecular weight is 377 g/mol. The van der Waals surface area contributed by atoms with E-state index in [1.807, 2.05) is 0 Å². The molecule has 0 bridgehead atoms. The molecule has 0 amide bonds. The molecule has 5 nitrogen and oxygen atoms in total. The Labute approximate surface area is 129 Å². The highest BCUT2D eigenvalue weighted by molar-refractivity contribution is 9.10. The monoisotopic (exact) mass is 376 g/mol. The van der Waals surface area contributed by atoms with E-state index in [1.54, 1.807) is 35.7 Å². The zero-order valence-corrected chi connectivity index (χ0v) is 13.6. The number of nitrogens with zero attached hydrogens (tertiary/aromatic N) is 1. The van der Waals surface area contributed by atoms with Gasteiger partial charge in [-0.1, -0.05) is 12.1 Å². The summed E-state index contributed by atoms with van der Waals surface area (Å²) in [6.45, 7) is -0.350. The van der Waals surface area contributed by atoms with Crippen molar-refractivity contribution in [3.05, 3.63) is 40.2 Å². The van der Waals surface area contributed by atoms with Crippen LogP contribution in [-0.4, -0.2) is 26.7 Å². The molecule has 0 saturated heterocycles. The molecule has 2 aromatic rings. The molecule has 0 saturated carbocycles. The summed E-state index contributed by atoms with van der Waals surface area (Å²) in [6, 6.07) is 8.34. The molecule has 0 fully saturated rings. The van der Waals surface area contributed by atoms with Crippen molar-refractivity contribution in [2.45, 2.75) is 4.21 Å². The Morgan fingerprint density at radius 2 is 2.00 bits per heavy atom. The van der Waals surface area contributed by atoms with E-state index in [9.17, 15) is 8.42 Å². The minimum atomic E-state index is -3.76. The lowest BCUT2D eigenvalue weighted by Crippen LogP contribution is -2.33. The summed E-state index contributed by atoms with van der Waals surface area (Å²) in [7, 11) is -3.76. The van der Waals surface area contributed by atoms with Crippen LogP contribution in [0, 0.1) is 0 Å². The lowest BCUT2D eigenvalue weighted by Gasteiger charge is -2.24. The molecular formula is C12H13BrN2O3S2. The zero-order valence-electron chi connectivity index (χ0n) is 10.4. The maximum absolute atomic E-state index is 12.7. The zero-order chi connectivity index (χ0) is 14.8. The first-order valence-electron chi connectivity index (χ1n) is 5.69. The molecule has 0 aliphatic carbocycles. The topological polar surface area (TPSA) is 83.6 Å². The van der Waals surface area contributed by atoms with E-state index in [-0.39, 0.29) is 17.4 Å². The highest BCUT2D eigenvalue weighted by Crippen LogP contribution is 2.34. The number of thiophene rings is 1. The number of halogens is 1. The first kappa shape index (κ1) is 15.3. The summed E-state index contributed by atoms with van der Waals surface area (Å²) in [6.07, 6.45) is 0. The minimum absolute atomic E-state index is 0.0547. The molecule has 2 rings (SSSR count). The number of benzene rings is 1. The summed E-state index contributed by atoms with van der Waals surface area (Å²) in [5.41, 5.74) is 6.55. The molecule has 0 unspecified atom stereocenters. The molecule has 0 aliphatic heterocycles. The number of sulfonamides is 1. The van der Waals surface area contributed by atoms with Crippen molar-refractivity contribution < 1.29 is 13.5 Å². The number of hydrogen-bond acceptors (Lipinski definition) is 5. The van der Waals surface area contributed by atoms with Crippen molar-refractivity contribution in [3.63, 3.8) is 0 Å². The van der Waals surface area contributed by atoms with Crippen LogP contribution in [0.5, 0.6) is 0 Å². The van der Waals surface area contributed by atoms with Crippen LogP contribution in [0.1, 0.15) is 0 Å². The number of anilines is 2. The predicted molar refractivity (Wildman–Crippen MR) is 84.5 cm³/mol. The van der Waals surface area contributed by atoms with Gasteiger partial charge in [0.15, 0.2) is 4.21 Å². The molecule has 20 heavy (non-hydrogen) atoms. The summed E-state index contributed by atoms with van der Waals surface area (Å²) in [4.78, 5) is 0. The second kappa shape index (κ2) is 6.13. The van der Waals surface area contributed by atoms with Crippen LogP contribution < -0.4 is 10.0 Å².